The predicted molar refractivity (Wildman–Crippen MR) is 66.3 cm³/mol. The van der Waals surface area contributed by atoms with Gasteiger partial charge in [-0.15, -0.1) is 0 Å². The molecular formula is C11H16FN3O3S. The molecule has 2 atom stereocenters. The van der Waals surface area contributed by atoms with Crippen molar-refractivity contribution in [2.75, 3.05) is 19.7 Å². The molecule has 0 spiro atoms. The predicted octanol–water partition coefficient (Wildman–Crippen LogP) is -0.0426. The highest BCUT2D eigenvalue weighted by molar-refractivity contribution is 7.89. The molecule has 1 aromatic heterocycles. The van der Waals surface area contributed by atoms with Crippen LogP contribution in [0.25, 0.3) is 0 Å². The summed E-state index contributed by atoms with van der Waals surface area (Å²) in [7, 11) is -3.97. The van der Waals surface area contributed by atoms with Gasteiger partial charge < -0.3 is 10.5 Å². The van der Waals surface area contributed by atoms with Crippen LogP contribution in [0.1, 0.15) is 6.92 Å². The van der Waals surface area contributed by atoms with Crippen molar-refractivity contribution in [3.05, 3.63) is 24.1 Å². The Morgan fingerprint density at radius 2 is 2.37 bits per heavy atom. The number of sulfonamides is 1. The lowest BCUT2D eigenvalue weighted by molar-refractivity contribution is -0.0221. The van der Waals surface area contributed by atoms with Gasteiger partial charge in [-0.05, 0) is 19.1 Å². The standard InChI is InChI=1S/C11H16FN3O3S/c1-8-7-18-9(5-13)6-15(8)19(16,17)11-10(12)3-2-4-14-11/h2-4,8-9H,5-7,13H2,1H3. The Hall–Kier alpha value is -1.09. The second-order valence-electron chi connectivity index (χ2n) is 4.41. The summed E-state index contributed by atoms with van der Waals surface area (Å²) in [6.07, 6.45) is 0.874. The van der Waals surface area contributed by atoms with Gasteiger partial charge in [0.15, 0.2) is 5.82 Å². The fourth-order valence-electron chi connectivity index (χ4n) is 1.94. The van der Waals surface area contributed by atoms with E-state index in [1.807, 2.05) is 0 Å². The third-order valence-corrected chi connectivity index (χ3v) is 4.90. The Bertz CT molecular complexity index is 552. The molecule has 0 aromatic carbocycles. The van der Waals surface area contributed by atoms with Crippen LogP contribution >= 0.6 is 0 Å². The number of pyridine rings is 1. The van der Waals surface area contributed by atoms with Gasteiger partial charge in [0, 0.05) is 25.3 Å². The SMILES string of the molecule is CC1COC(CN)CN1S(=O)(=O)c1ncccc1F. The molecule has 19 heavy (non-hydrogen) atoms. The molecular weight excluding hydrogens is 273 g/mol. The van der Waals surface area contributed by atoms with Gasteiger partial charge in [0.25, 0.3) is 10.0 Å². The van der Waals surface area contributed by atoms with Gasteiger partial charge in [-0.25, -0.2) is 17.8 Å². The van der Waals surface area contributed by atoms with E-state index >= 15 is 0 Å². The summed E-state index contributed by atoms with van der Waals surface area (Å²) >= 11 is 0. The van der Waals surface area contributed by atoms with Gasteiger partial charge in [0.1, 0.15) is 0 Å². The van der Waals surface area contributed by atoms with Crippen molar-refractivity contribution in [3.63, 3.8) is 0 Å². The summed E-state index contributed by atoms with van der Waals surface area (Å²) < 4.78 is 45.0. The molecule has 0 aliphatic carbocycles. The van der Waals surface area contributed by atoms with Crippen LogP contribution in [0, 0.1) is 5.82 Å². The van der Waals surface area contributed by atoms with Crippen LogP contribution in [0.2, 0.25) is 0 Å². The minimum absolute atomic E-state index is 0.107. The fourth-order valence-corrected chi connectivity index (χ4v) is 3.57. The molecule has 0 bridgehead atoms. The molecule has 8 heteroatoms. The molecule has 1 saturated heterocycles. The topological polar surface area (TPSA) is 85.5 Å². The molecule has 1 fully saturated rings. The van der Waals surface area contributed by atoms with Crippen LogP contribution < -0.4 is 5.73 Å². The van der Waals surface area contributed by atoms with E-state index in [-0.39, 0.29) is 31.8 Å². The molecule has 0 saturated carbocycles. The summed E-state index contributed by atoms with van der Waals surface area (Å²) in [5.41, 5.74) is 5.49. The maximum atomic E-state index is 13.6. The Kier molecular flexibility index (Phi) is 4.14. The van der Waals surface area contributed by atoms with Crippen LogP contribution in [-0.2, 0) is 14.8 Å². The summed E-state index contributed by atoms with van der Waals surface area (Å²) in [5.74, 6) is -0.856. The van der Waals surface area contributed by atoms with Gasteiger partial charge in [0.05, 0.1) is 12.7 Å². The number of hydrogen-bond acceptors (Lipinski definition) is 5. The summed E-state index contributed by atoms with van der Waals surface area (Å²) in [6, 6.07) is 2.04. The fraction of sp³-hybridized carbons (Fsp3) is 0.545. The normalized spacial score (nSPS) is 25.4. The highest BCUT2D eigenvalue weighted by Gasteiger charge is 2.37. The van der Waals surface area contributed by atoms with Crippen LogP contribution in [0.5, 0.6) is 0 Å². The molecule has 2 unspecified atom stereocenters. The molecule has 1 aromatic rings. The van der Waals surface area contributed by atoms with E-state index < -0.39 is 20.9 Å². The Morgan fingerprint density at radius 1 is 1.63 bits per heavy atom. The number of rotatable bonds is 3. The van der Waals surface area contributed by atoms with E-state index in [0.29, 0.717) is 0 Å². The minimum Gasteiger partial charge on any atom is -0.374 e. The average Bonchev–Trinajstić information content (AvgIpc) is 2.39. The maximum Gasteiger partial charge on any atom is 0.263 e. The van der Waals surface area contributed by atoms with Crippen LogP contribution in [0.3, 0.4) is 0 Å². The molecule has 106 valence electrons. The van der Waals surface area contributed by atoms with Crippen molar-refractivity contribution < 1.29 is 17.5 Å². The largest absolute Gasteiger partial charge is 0.374 e. The molecule has 1 aliphatic rings. The number of halogens is 1. The van der Waals surface area contributed by atoms with E-state index in [9.17, 15) is 12.8 Å². The zero-order valence-electron chi connectivity index (χ0n) is 10.5. The first-order valence-electron chi connectivity index (χ1n) is 5.91. The van der Waals surface area contributed by atoms with Crippen molar-refractivity contribution >= 4 is 10.0 Å². The Labute approximate surface area is 111 Å². The number of aromatic nitrogens is 1. The number of ether oxygens (including phenoxy) is 1. The van der Waals surface area contributed by atoms with Gasteiger partial charge in [0.2, 0.25) is 5.03 Å². The molecule has 2 heterocycles. The van der Waals surface area contributed by atoms with E-state index in [0.717, 1.165) is 6.07 Å². The maximum absolute atomic E-state index is 13.6. The minimum atomic E-state index is -3.97. The van der Waals surface area contributed by atoms with Crippen molar-refractivity contribution in [1.82, 2.24) is 9.29 Å². The summed E-state index contributed by atoms with van der Waals surface area (Å²) in [5, 5.41) is -0.556. The smallest absolute Gasteiger partial charge is 0.263 e. The second kappa shape index (κ2) is 5.49. The van der Waals surface area contributed by atoms with Gasteiger partial charge in [-0.1, -0.05) is 0 Å². The first-order chi connectivity index (χ1) is 8.96. The first-order valence-corrected chi connectivity index (χ1v) is 7.35. The summed E-state index contributed by atoms with van der Waals surface area (Å²) in [4.78, 5) is 3.63. The lowest BCUT2D eigenvalue weighted by Gasteiger charge is -2.36. The van der Waals surface area contributed by atoms with Crippen molar-refractivity contribution in [3.8, 4) is 0 Å². The van der Waals surface area contributed by atoms with Crippen LogP contribution in [-0.4, -0.2) is 49.5 Å². The Balaban J connectivity index is 2.36. The van der Waals surface area contributed by atoms with Gasteiger partial charge >= 0.3 is 0 Å². The first kappa shape index (κ1) is 14.3. The highest BCUT2D eigenvalue weighted by Crippen LogP contribution is 2.22. The number of morpholine rings is 1. The second-order valence-corrected chi connectivity index (χ2v) is 6.21. The van der Waals surface area contributed by atoms with E-state index in [1.165, 1.54) is 16.6 Å². The monoisotopic (exact) mass is 289 g/mol. The van der Waals surface area contributed by atoms with E-state index in [2.05, 4.69) is 4.98 Å². The average molecular weight is 289 g/mol. The molecule has 0 amide bonds. The number of hydrogen-bond donors (Lipinski definition) is 1. The highest BCUT2D eigenvalue weighted by atomic mass is 32.2. The zero-order chi connectivity index (χ0) is 14.0. The van der Waals surface area contributed by atoms with Crippen molar-refractivity contribution in [1.29, 1.82) is 0 Å². The van der Waals surface area contributed by atoms with E-state index in [4.69, 9.17) is 10.5 Å². The van der Waals surface area contributed by atoms with Crippen LogP contribution in [0.15, 0.2) is 23.4 Å². The molecule has 6 nitrogen and oxygen atoms in total. The van der Waals surface area contributed by atoms with Gasteiger partial charge in [-0.3, -0.25) is 0 Å². The van der Waals surface area contributed by atoms with E-state index in [1.54, 1.807) is 6.92 Å². The third kappa shape index (κ3) is 2.76. The molecule has 2 rings (SSSR count). The van der Waals surface area contributed by atoms with Crippen molar-refractivity contribution in [2.24, 2.45) is 5.73 Å². The quantitative estimate of drug-likeness (QED) is 0.843. The molecule has 1 aliphatic heterocycles. The zero-order valence-corrected chi connectivity index (χ0v) is 11.3. The summed E-state index contributed by atoms with van der Waals surface area (Å²) in [6.45, 7) is 2.25. The lowest BCUT2D eigenvalue weighted by Crippen LogP contribution is -2.53. The van der Waals surface area contributed by atoms with Crippen LogP contribution in [0.4, 0.5) is 4.39 Å². The Morgan fingerprint density at radius 3 is 3.00 bits per heavy atom. The van der Waals surface area contributed by atoms with Gasteiger partial charge in [-0.2, -0.15) is 4.31 Å². The molecule has 0 radical (unpaired) electrons. The lowest BCUT2D eigenvalue weighted by atomic mass is 10.2. The third-order valence-electron chi connectivity index (χ3n) is 2.99. The number of nitrogens with two attached hydrogens (primary N) is 1. The van der Waals surface area contributed by atoms with Crippen molar-refractivity contribution in [2.45, 2.75) is 24.1 Å². The number of nitrogens with zero attached hydrogens (tertiary/aromatic N) is 2. The molecule has 2 N–H and O–H groups in total.